The van der Waals surface area contributed by atoms with Gasteiger partial charge in [0.15, 0.2) is 0 Å². The molecule has 0 aliphatic carbocycles. The number of unbranched alkanes of at least 4 members (excludes halogenated alkanes) is 1. The Morgan fingerprint density at radius 2 is 1.85 bits per heavy atom. The van der Waals surface area contributed by atoms with Crippen molar-refractivity contribution < 1.29 is 9.21 Å². The van der Waals surface area contributed by atoms with Gasteiger partial charge in [0.2, 0.25) is 0 Å². The van der Waals surface area contributed by atoms with Crippen LogP contribution in [0.3, 0.4) is 0 Å². The van der Waals surface area contributed by atoms with E-state index in [0.717, 1.165) is 19.3 Å². The third-order valence-corrected chi connectivity index (χ3v) is 1.63. The predicted molar refractivity (Wildman–Crippen MR) is 53.5 cm³/mol. The molecule has 74 valence electrons. The highest BCUT2D eigenvalue weighted by molar-refractivity contribution is 5.77. The third-order valence-electron chi connectivity index (χ3n) is 1.63. The Morgan fingerprint density at radius 3 is 2.15 bits per heavy atom. The summed E-state index contributed by atoms with van der Waals surface area (Å²) in [4.78, 5) is 10.6. The van der Waals surface area contributed by atoms with E-state index in [1.807, 2.05) is 19.1 Å². The molecule has 0 fully saturated rings. The van der Waals surface area contributed by atoms with Crippen molar-refractivity contribution >= 4 is 5.78 Å². The van der Waals surface area contributed by atoms with Crippen LogP contribution in [0.15, 0.2) is 29.1 Å². The lowest BCUT2D eigenvalue weighted by atomic mass is 10.1. The van der Waals surface area contributed by atoms with Crippen LogP contribution in [-0.2, 0) is 4.79 Å². The first-order valence-corrected chi connectivity index (χ1v) is 4.80. The van der Waals surface area contributed by atoms with Gasteiger partial charge in [0, 0.05) is 12.8 Å². The van der Waals surface area contributed by atoms with Crippen molar-refractivity contribution in [3.05, 3.63) is 24.7 Å². The van der Waals surface area contributed by atoms with Crippen molar-refractivity contribution in [2.45, 2.75) is 39.5 Å². The molecule has 0 spiro atoms. The summed E-state index contributed by atoms with van der Waals surface area (Å²) in [5.74, 6) is 0.395. The van der Waals surface area contributed by atoms with E-state index in [-0.39, 0.29) is 0 Å². The van der Waals surface area contributed by atoms with Crippen molar-refractivity contribution in [1.82, 2.24) is 0 Å². The van der Waals surface area contributed by atoms with E-state index < -0.39 is 0 Å². The largest absolute Gasteiger partial charge is 0.473 e. The molecule has 0 unspecified atom stereocenters. The molecular formula is C11H18O2. The summed E-state index contributed by atoms with van der Waals surface area (Å²) in [7, 11) is 0. The summed E-state index contributed by atoms with van der Waals surface area (Å²) in [5, 5.41) is 0. The lowest BCUT2D eigenvalue weighted by Crippen LogP contribution is -1.92. The molecule has 13 heavy (non-hydrogen) atoms. The Morgan fingerprint density at radius 1 is 1.23 bits per heavy atom. The molecule has 1 aromatic rings. The molecule has 1 aromatic heterocycles. The van der Waals surface area contributed by atoms with Crippen LogP contribution in [0, 0.1) is 0 Å². The molecule has 1 heterocycles. The van der Waals surface area contributed by atoms with Gasteiger partial charge in [0.1, 0.15) is 5.78 Å². The molecule has 2 heteroatoms. The van der Waals surface area contributed by atoms with Crippen molar-refractivity contribution in [1.29, 1.82) is 0 Å². The third kappa shape index (κ3) is 8.86. The predicted octanol–water partition coefficient (Wildman–Crippen LogP) is 3.44. The summed E-state index contributed by atoms with van der Waals surface area (Å²) in [6, 6.07) is 3.67. The standard InChI is InChI=1S/C7H14O.C4H4O/c1-3-5-6-7(8)4-2;1-2-4-5-3-1/h3-6H2,1-2H3;1-4H. The number of furan rings is 1. The minimum atomic E-state index is 0.395. The molecule has 0 amide bonds. The minimum absolute atomic E-state index is 0.395. The van der Waals surface area contributed by atoms with Crippen LogP contribution in [0.5, 0.6) is 0 Å². The van der Waals surface area contributed by atoms with Crippen LogP contribution in [0.25, 0.3) is 0 Å². The Labute approximate surface area is 79.9 Å². The molecule has 0 N–H and O–H groups in total. The van der Waals surface area contributed by atoms with Crippen molar-refractivity contribution in [3.63, 3.8) is 0 Å². The first-order valence-electron chi connectivity index (χ1n) is 4.80. The number of hydrogen-bond acceptors (Lipinski definition) is 2. The van der Waals surface area contributed by atoms with Crippen LogP contribution < -0.4 is 0 Å². The topological polar surface area (TPSA) is 30.2 Å². The van der Waals surface area contributed by atoms with Crippen LogP contribution in [-0.4, -0.2) is 5.78 Å². The molecule has 0 saturated carbocycles. The van der Waals surface area contributed by atoms with Gasteiger partial charge in [-0.1, -0.05) is 20.3 Å². The highest BCUT2D eigenvalue weighted by atomic mass is 16.3. The van der Waals surface area contributed by atoms with Gasteiger partial charge in [-0.25, -0.2) is 0 Å². The number of rotatable bonds is 4. The molecule has 0 aliphatic heterocycles. The average Bonchev–Trinajstić information content (AvgIpc) is 2.72. The van der Waals surface area contributed by atoms with Crippen LogP contribution in [0.2, 0.25) is 0 Å². The molecular weight excluding hydrogens is 164 g/mol. The van der Waals surface area contributed by atoms with Crippen LogP contribution in [0.4, 0.5) is 0 Å². The molecule has 1 rings (SSSR count). The summed E-state index contributed by atoms with van der Waals surface area (Å²) in [6.07, 6.45) is 6.94. The van der Waals surface area contributed by atoms with E-state index in [2.05, 4.69) is 11.3 Å². The van der Waals surface area contributed by atoms with E-state index in [0.29, 0.717) is 12.2 Å². The zero-order chi connectivity index (χ0) is 9.94. The molecule has 0 aromatic carbocycles. The van der Waals surface area contributed by atoms with Gasteiger partial charge in [0.25, 0.3) is 0 Å². The molecule has 2 nitrogen and oxygen atoms in total. The molecule has 0 radical (unpaired) electrons. The maximum Gasteiger partial charge on any atom is 0.132 e. The lowest BCUT2D eigenvalue weighted by molar-refractivity contribution is -0.118. The lowest BCUT2D eigenvalue weighted by Gasteiger charge is -1.91. The number of Topliss-reactive ketones (excluding diaryl/α,β-unsaturated/α-hetero) is 1. The summed E-state index contributed by atoms with van der Waals surface area (Å²) >= 11 is 0. The second kappa shape index (κ2) is 9.04. The van der Waals surface area contributed by atoms with Crippen molar-refractivity contribution in [2.24, 2.45) is 0 Å². The van der Waals surface area contributed by atoms with Gasteiger partial charge in [-0.3, -0.25) is 4.79 Å². The monoisotopic (exact) mass is 182 g/mol. The normalized spacial score (nSPS) is 8.77. The minimum Gasteiger partial charge on any atom is -0.473 e. The summed E-state index contributed by atoms with van der Waals surface area (Å²) < 4.78 is 4.58. The molecule has 0 aliphatic rings. The Bertz CT molecular complexity index is 173. The van der Waals surface area contributed by atoms with E-state index in [9.17, 15) is 4.79 Å². The van der Waals surface area contributed by atoms with Crippen molar-refractivity contribution in [3.8, 4) is 0 Å². The number of hydrogen-bond donors (Lipinski definition) is 0. The Hall–Kier alpha value is -1.05. The number of ketones is 1. The highest BCUT2D eigenvalue weighted by Gasteiger charge is 1.93. The van der Waals surface area contributed by atoms with Crippen LogP contribution >= 0.6 is 0 Å². The fourth-order valence-electron chi connectivity index (χ4n) is 0.778. The Balaban J connectivity index is 0.000000243. The fraction of sp³-hybridized carbons (Fsp3) is 0.545. The second-order valence-corrected chi connectivity index (χ2v) is 2.79. The van der Waals surface area contributed by atoms with E-state index in [1.165, 1.54) is 0 Å². The van der Waals surface area contributed by atoms with Gasteiger partial charge < -0.3 is 4.42 Å². The first kappa shape index (κ1) is 11.9. The smallest absolute Gasteiger partial charge is 0.132 e. The van der Waals surface area contributed by atoms with Gasteiger partial charge in [0.05, 0.1) is 12.5 Å². The number of carbonyl (C=O) groups excluding carboxylic acids is 1. The van der Waals surface area contributed by atoms with Crippen molar-refractivity contribution in [2.75, 3.05) is 0 Å². The zero-order valence-corrected chi connectivity index (χ0v) is 8.45. The van der Waals surface area contributed by atoms with Gasteiger partial charge >= 0.3 is 0 Å². The first-order chi connectivity index (χ1) is 6.31. The fourth-order valence-corrected chi connectivity index (χ4v) is 0.778. The molecule has 0 atom stereocenters. The van der Waals surface area contributed by atoms with E-state index >= 15 is 0 Å². The Kier molecular flexibility index (Phi) is 8.31. The summed E-state index contributed by atoms with van der Waals surface area (Å²) in [6.45, 7) is 4.01. The zero-order valence-electron chi connectivity index (χ0n) is 8.45. The number of carbonyl (C=O) groups is 1. The maximum absolute atomic E-state index is 10.6. The molecule has 0 bridgehead atoms. The average molecular weight is 182 g/mol. The summed E-state index contributed by atoms with van der Waals surface area (Å²) in [5.41, 5.74) is 0. The second-order valence-electron chi connectivity index (χ2n) is 2.79. The van der Waals surface area contributed by atoms with Gasteiger partial charge in [-0.15, -0.1) is 0 Å². The van der Waals surface area contributed by atoms with E-state index in [1.54, 1.807) is 12.5 Å². The molecule has 0 saturated heterocycles. The van der Waals surface area contributed by atoms with Crippen LogP contribution in [0.1, 0.15) is 39.5 Å². The van der Waals surface area contributed by atoms with Gasteiger partial charge in [-0.05, 0) is 18.6 Å². The quantitative estimate of drug-likeness (QED) is 0.714. The SMILES string of the molecule is CCCCC(=O)CC.c1ccoc1. The van der Waals surface area contributed by atoms with E-state index in [4.69, 9.17) is 0 Å². The van der Waals surface area contributed by atoms with Gasteiger partial charge in [-0.2, -0.15) is 0 Å². The highest BCUT2D eigenvalue weighted by Crippen LogP contribution is 1.96. The maximum atomic E-state index is 10.6.